The van der Waals surface area contributed by atoms with Crippen LogP contribution in [0, 0.1) is 18.8 Å². The van der Waals surface area contributed by atoms with Gasteiger partial charge in [-0.2, -0.15) is 5.10 Å². The predicted molar refractivity (Wildman–Crippen MR) is 115 cm³/mol. The van der Waals surface area contributed by atoms with E-state index in [1.165, 1.54) is 19.3 Å². The Balaban J connectivity index is 1.40. The molecule has 5 heteroatoms. The van der Waals surface area contributed by atoms with Crippen LogP contribution in [0.1, 0.15) is 50.5 Å². The predicted octanol–water partition coefficient (Wildman–Crippen LogP) is 4.04. The highest BCUT2D eigenvalue weighted by Gasteiger charge is 2.29. The standard InChI is InChI=1S/C24H31N3O2/c1-18-16-22(28)27(25-23(18)20-8-4-2-5-9-20)17-19-12-14-26(15-13-19)24(29)21-10-6-3-7-11-21/h2,4-5,8-9,16,19,21H,3,6-7,10-15,17H2,1H3. The van der Waals surface area contributed by atoms with Gasteiger partial charge in [0.2, 0.25) is 5.91 Å². The number of aromatic nitrogens is 2. The number of hydrogen-bond acceptors (Lipinski definition) is 3. The summed E-state index contributed by atoms with van der Waals surface area (Å²) in [7, 11) is 0. The molecular weight excluding hydrogens is 362 g/mol. The molecule has 0 N–H and O–H groups in total. The molecule has 0 radical (unpaired) electrons. The first-order valence-corrected chi connectivity index (χ1v) is 11.0. The Bertz CT molecular complexity index is 892. The number of amides is 1. The van der Waals surface area contributed by atoms with Crippen LogP contribution >= 0.6 is 0 Å². The summed E-state index contributed by atoms with van der Waals surface area (Å²) in [6, 6.07) is 11.7. The van der Waals surface area contributed by atoms with Crippen molar-refractivity contribution in [3.8, 4) is 11.3 Å². The number of aryl methyl sites for hydroxylation is 1. The Hall–Kier alpha value is -2.43. The van der Waals surface area contributed by atoms with Crippen LogP contribution in [-0.4, -0.2) is 33.7 Å². The summed E-state index contributed by atoms with van der Waals surface area (Å²) >= 11 is 0. The van der Waals surface area contributed by atoms with E-state index in [1.54, 1.807) is 10.7 Å². The van der Waals surface area contributed by atoms with Crippen LogP contribution in [-0.2, 0) is 11.3 Å². The fraction of sp³-hybridized carbons (Fsp3) is 0.542. The van der Waals surface area contributed by atoms with E-state index in [4.69, 9.17) is 0 Å². The number of nitrogens with zero attached hydrogens (tertiary/aromatic N) is 3. The molecule has 1 aliphatic carbocycles. The molecule has 4 rings (SSSR count). The number of rotatable bonds is 4. The second kappa shape index (κ2) is 8.93. The van der Waals surface area contributed by atoms with Crippen LogP contribution in [0.4, 0.5) is 0 Å². The molecule has 1 aromatic heterocycles. The number of likely N-dealkylation sites (tertiary alicyclic amines) is 1. The summed E-state index contributed by atoms with van der Waals surface area (Å²) in [4.78, 5) is 27.3. The molecule has 154 valence electrons. The summed E-state index contributed by atoms with van der Waals surface area (Å²) in [6.07, 6.45) is 7.67. The number of carbonyl (C=O) groups is 1. The molecule has 1 aliphatic heterocycles. The molecule has 0 spiro atoms. The number of hydrogen-bond donors (Lipinski definition) is 0. The van der Waals surface area contributed by atoms with Crippen LogP contribution in [0.2, 0.25) is 0 Å². The van der Waals surface area contributed by atoms with Crippen molar-refractivity contribution in [2.45, 2.75) is 58.4 Å². The number of piperidine rings is 1. The average Bonchev–Trinajstić information content (AvgIpc) is 2.77. The Kier molecular flexibility index (Phi) is 6.12. The largest absolute Gasteiger partial charge is 0.342 e. The van der Waals surface area contributed by atoms with E-state index in [9.17, 15) is 9.59 Å². The molecule has 1 saturated carbocycles. The molecule has 2 fully saturated rings. The average molecular weight is 394 g/mol. The summed E-state index contributed by atoms with van der Waals surface area (Å²) < 4.78 is 1.62. The quantitative estimate of drug-likeness (QED) is 0.788. The third-order valence-electron chi connectivity index (χ3n) is 6.55. The molecule has 2 aromatic rings. The van der Waals surface area contributed by atoms with E-state index in [2.05, 4.69) is 10.00 Å². The van der Waals surface area contributed by atoms with E-state index in [0.29, 0.717) is 18.4 Å². The van der Waals surface area contributed by atoms with Crippen LogP contribution in [0.15, 0.2) is 41.2 Å². The van der Waals surface area contributed by atoms with Gasteiger partial charge in [-0.15, -0.1) is 0 Å². The molecule has 29 heavy (non-hydrogen) atoms. The molecule has 1 saturated heterocycles. The fourth-order valence-electron chi connectivity index (χ4n) is 4.78. The first kappa shape index (κ1) is 19.9. The van der Waals surface area contributed by atoms with E-state index >= 15 is 0 Å². The lowest BCUT2D eigenvalue weighted by molar-refractivity contribution is -0.138. The van der Waals surface area contributed by atoms with Crippen LogP contribution in [0.3, 0.4) is 0 Å². The van der Waals surface area contributed by atoms with Gasteiger partial charge in [-0.05, 0) is 44.1 Å². The van der Waals surface area contributed by atoms with Gasteiger partial charge in [-0.25, -0.2) is 4.68 Å². The van der Waals surface area contributed by atoms with Gasteiger partial charge in [0.15, 0.2) is 0 Å². The highest BCUT2D eigenvalue weighted by atomic mass is 16.2. The SMILES string of the molecule is Cc1cc(=O)n(CC2CCN(C(=O)C3CCCCC3)CC2)nc1-c1ccccc1. The first-order chi connectivity index (χ1) is 14.1. The van der Waals surface area contributed by atoms with Gasteiger partial charge in [0.05, 0.1) is 5.69 Å². The molecule has 2 aliphatic rings. The van der Waals surface area contributed by atoms with Crippen molar-refractivity contribution in [1.82, 2.24) is 14.7 Å². The van der Waals surface area contributed by atoms with Crippen molar-refractivity contribution in [3.05, 3.63) is 52.3 Å². The fourth-order valence-corrected chi connectivity index (χ4v) is 4.78. The minimum absolute atomic E-state index is 0.0390. The maximum Gasteiger partial charge on any atom is 0.267 e. The maximum atomic E-state index is 12.8. The highest BCUT2D eigenvalue weighted by molar-refractivity contribution is 5.79. The van der Waals surface area contributed by atoms with Gasteiger partial charge in [-0.1, -0.05) is 49.6 Å². The van der Waals surface area contributed by atoms with Crippen molar-refractivity contribution in [3.63, 3.8) is 0 Å². The lowest BCUT2D eigenvalue weighted by atomic mass is 9.87. The lowest BCUT2D eigenvalue weighted by Crippen LogP contribution is -2.43. The molecule has 0 atom stereocenters. The third kappa shape index (κ3) is 4.60. The summed E-state index contributed by atoms with van der Waals surface area (Å²) in [6.45, 7) is 4.19. The van der Waals surface area contributed by atoms with Gasteiger partial charge in [0, 0.05) is 37.2 Å². The van der Waals surface area contributed by atoms with Gasteiger partial charge >= 0.3 is 0 Å². The molecule has 5 nitrogen and oxygen atoms in total. The van der Waals surface area contributed by atoms with Crippen molar-refractivity contribution < 1.29 is 4.79 Å². The zero-order valence-electron chi connectivity index (χ0n) is 17.3. The summed E-state index contributed by atoms with van der Waals surface area (Å²) in [5, 5.41) is 4.69. The monoisotopic (exact) mass is 393 g/mol. The van der Waals surface area contributed by atoms with Crippen LogP contribution in [0.25, 0.3) is 11.3 Å². The molecule has 0 bridgehead atoms. The molecule has 1 aromatic carbocycles. The Morgan fingerprint density at radius 2 is 1.72 bits per heavy atom. The van der Waals surface area contributed by atoms with Gasteiger partial charge in [0.1, 0.15) is 0 Å². The first-order valence-electron chi connectivity index (χ1n) is 11.0. The van der Waals surface area contributed by atoms with E-state index < -0.39 is 0 Å². The Morgan fingerprint density at radius 3 is 2.41 bits per heavy atom. The van der Waals surface area contributed by atoms with Crippen molar-refractivity contribution in [2.75, 3.05) is 13.1 Å². The molecule has 0 unspecified atom stereocenters. The minimum Gasteiger partial charge on any atom is -0.342 e. The van der Waals surface area contributed by atoms with Crippen LogP contribution in [0.5, 0.6) is 0 Å². The number of benzene rings is 1. The van der Waals surface area contributed by atoms with Gasteiger partial charge < -0.3 is 4.90 Å². The normalized spacial score (nSPS) is 18.7. The zero-order valence-corrected chi connectivity index (χ0v) is 17.3. The Morgan fingerprint density at radius 1 is 1.03 bits per heavy atom. The second-order valence-electron chi connectivity index (χ2n) is 8.67. The van der Waals surface area contributed by atoms with Gasteiger partial charge in [-0.3, -0.25) is 9.59 Å². The minimum atomic E-state index is -0.0390. The molecule has 1 amide bonds. The van der Waals surface area contributed by atoms with E-state index in [0.717, 1.165) is 55.6 Å². The highest BCUT2D eigenvalue weighted by Crippen LogP contribution is 2.28. The second-order valence-corrected chi connectivity index (χ2v) is 8.67. The summed E-state index contributed by atoms with van der Waals surface area (Å²) in [5.41, 5.74) is 2.77. The van der Waals surface area contributed by atoms with E-state index in [-0.39, 0.29) is 11.5 Å². The van der Waals surface area contributed by atoms with Crippen molar-refractivity contribution in [1.29, 1.82) is 0 Å². The van der Waals surface area contributed by atoms with Crippen molar-refractivity contribution >= 4 is 5.91 Å². The molecular formula is C24H31N3O2. The zero-order chi connectivity index (χ0) is 20.2. The Labute approximate surface area is 172 Å². The molecule has 2 heterocycles. The van der Waals surface area contributed by atoms with Crippen molar-refractivity contribution in [2.24, 2.45) is 11.8 Å². The topological polar surface area (TPSA) is 55.2 Å². The third-order valence-corrected chi connectivity index (χ3v) is 6.55. The van der Waals surface area contributed by atoms with Crippen LogP contribution < -0.4 is 5.56 Å². The van der Waals surface area contributed by atoms with E-state index in [1.807, 2.05) is 37.3 Å². The smallest absolute Gasteiger partial charge is 0.267 e. The van der Waals surface area contributed by atoms with Gasteiger partial charge in [0.25, 0.3) is 5.56 Å². The summed E-state index contributed by atoms with van der Waals surface area (Å²) in [5.74, 6) is 0.997. The maximum absolute atomic E-state index is 12.8. The number of carbonyl (C=O) groups excluding carboxylic acids is 1. The lowest BCUT2D eigenvalue weighted by Gasteiger charge is -2.35.